The molecule has 1 aliphatic carbocycles. The van der Waals surface area contributed by atoms with Gasteiger partial charge in [-0.05, 0) is 30.1 Å². The van der Waals surface area contributed by atoms with Gasteiger partial charge in [0, 0.05) is 6.04 Å². The maximum Gasteiger partial charge on any atom is 0.0262 e. The fourth-order valence-electron chi connectivity index (χ4n) is 1.89. The Kier molecular flexibility index (Phi) is 4.32. The van der Waals surface area contributed by atoms with Gasteiger partial charge in [-0.15, -0.1) is 0 Å². The molecule has 0 saturated carbocycles. The quantitative estimate of drug-likeness (QED) is 0.794. The van der Waals surface area contributed by atoms with E-state index >= 15 is 0 Å². The average Bonchev–Trinajstić information content (AvgIpc) is 2.40. The van der Waals surface area contributed by atoms with Crippen molar-refractivity contribution in [1.29, 1.82) is 0 Å². The molecule has 1 aliphatic rings. The van der Waals surface area contributed by atoms with Gasteiger partial charge in [0.15, 0.2) is 0 Å². The largest absolute Gasteiger partial charge is 0.324 e. The molecular formula is C17H19N. The minimum Gasteiger partial charge on any atom is -0.324 e. The molecule has 2 rings (SSSR count). The van der Waals surface area contributed by atoms with Crippen LogP contribution in [0, 0.1) is 0 Å². The van der Waals surface area contributed by atoms with E-state index in [0.29, 0.717) is 0 Å². The summed E-state index contributed by atoms with van der Waals surface area (Å²) in [6.07, 6.45) is 13.6. The van der Waals surface area contributed by atoms with Gasteiger partial charge in [-0.3, -0.25) is 0 Å². The van der Waals surface area contributed by atoms with E-state index in [0.717, 1.165) is 6.42 Å². The van der Waals surface area contributed by atoms with E-state index in [1.54, 1.807) is 0 Å². The molecule has 1 atom stereocenters. The zero-order chi connectivity index (χ0) is 12.8. The summed E-state index contributed by atoms with van der Waals surface area (Å²) in [6, 6.07) is 10.5. The number of allylic oxidation sites excluding steroid dienone is 5. The van der Waals surface area contributed by atoms with Gasteiger partial charge in [0.1, 0.15) is 0 Å². The van der Waals surface area contributed by atoms with Gasteiger partial charge in [0.05, 0.1) is 0 Å². The van der Waals surface area contributed by atoms with E-state index < -0.39 is 0 Å². The van der Waals surface area contributed by atoms with Crippen LogP contribution in [0.4, 0.5) is 0 Å². The molecule has 0 aromatic heterocycles. The van der Waals surface area contributed by atoms with Crippen LogP contribution in [0.25, 0.3) is 6.08 Å². The first-order chi connectivity index (χ1) is 8.75. The first kappa shape index (κ1) is 12.6. The molecule has 0 radical (unpaired) electrons. The molecule has 0 spiro atoms. The van der Waals surface area contributed by atoms with E-state index in [2.05, 4.69) is 55.5 Å². The minimum atomic E-state index is 0.182. The predicted octanol–water partition coefficient (Wildman–Crippen LogP) is 3.86. The van der Waals surface area contributed by atoms with Crippen molar-refractivity contribution in [1.82, 2.24) is 0 Å². The lowest BCUT2D eigenvalue weighted by Crippen LogP contribution is -2.17. The fourth-order valence-corrected chi connectivity index (χ4v) is 1.89. The topological polar surface area (TPSA) is 26.0 Å². The van der Waals surface area contributed by atoms with E-state index in [4.69, 9.17) is 5.73 Å². The third-order valence-corrected chi connectivity index (χ3v) is 3.02. The Morgan fingerprint density at radius 2 is 2.06 bits per heavy atom. The molecule has 0 amide bonds. The summed E-state index contributed by atoms with van der Waals surface area (Å²) < 4.78 is 0. The van der Waals surface area contributed by atoms with E-state index in [1.807, 2.05) is 18.2 Å². The third-order valence-electron chi connectivity index (χ3n) is 3.02. The molecule has 1 aromatic carbocycles. The van der Waals surface area contributed by atoms with Crippen LogP contribution in [0.3, 0.4) is 0 Å². The van der Waals surface area contributed by atoms with Crippen LogP contribution in [-0.2, 0) is 0 Å². The summed E-state index contributed by atoms with van der Waals surface area (Å²) >= 11 is 0. The number of hydrogen-bond acceptors (Lipinski definition) is 1. The Balaban J connectivity index is 2.02. The van der Waals surface area contributed by atoms with Crippen molar-refractivity contribution in [2.24, 2.45) is 5.73 Å². The lowest BCUT2D eigenvalue weighted by atomic mass is 9.98. The second-order valence-corrected chi connectivity index (χ2v) is 4.54. The summed E-state index contributed by atoms with van der Waals surface area (Å²) in [7, 11) is 0. The Hall–Kier alpha value is -1.86. The summed E-state index contributed by atoms with van der Waals surface area (Å²) in [5.74, 6) is 0. The summed E-state index contributed by atoms with van der Waals surface area (Å²) in [4.78, 5) is 0. The SMILES string of the molecule is C/C(=C\C=C\c1ccccc1)C1=CCC(N)C=C1. The highest BCUT2D eigenvalue weighted by Crippen LogP contribution is 2.17. The van der Waals surface area contributed by atoms with Crippen LogP contribution in [0.15, 0.2) is 71.9 Å². The Bertz CT molecular complexity index is 504. The van der Waals surface area contributed by atoms with Crippen LogP contribution in [0.1, 0.15) is 18.9 Å². The lowest BCUT2D eigenvalue weighted by Gasteiger charge is -2.11. The van der Waals surface area contributed by atoms with Gasteiger partial charge in [0.25, 0.3) is 0 Å². The smallest absolute Gasteiger partial charge is 0.0262 e. The molecule has 0 heterocycles. The summed E-state index contributed by atoms with van der Waals surface area (Å²) in [5.41, 5.74) is 9.57. The molecule has 0 saturated heterocycles. The Morgan fingerprint density at radius 3 is 2.72 bits per heavy atom. The maximum absolute atomic E-state index is 5.81. The molecule has 1 aromatic rings. The van der Waals surface area contributed by atoms with Gasteiger partial charge in [-0.25, -0.2) is 0 Å². The zero-order valence-electron chi connectivity index (χ0n) is 10.7. The molecule has 92 valence electrons. The molecule has 18 heavy (non-hydrogen) atoms. The molecule has 0 bridgehead atoms. The predicted molar refractivity (Wildman–Crippen MR) is 79.0 cm³/mol. The van der Waals surface area contributed by atoms with Crippen LogP contribution in [0.2, 0.25) is 0 Å². The highest BCUT2D eigenvalue weighted by atomic mass is 14.6. The van der Waals surface area contributed by atoms with Gasteiger partial charge in [-0.2, -0.15) is 0 Å². The second-order valence-electron chi connectivity index (χ2n) is 4.54. The highest BCUT2D eigenvalue weighted by molar-refractivity contribution is 5.52. The van der Waals surface area contributed by atoms with E-state index in [1.165, 1.54) is 16.7 Å². The summed E-state index contributed by atoms with van der Waals surface area (Å²) in [5, 5.41) is 0. The highest BCUT2D eigenvalue weighted by Gasteiger charge is 2.03. The molecular weight excluding hydrogens is 218 g/mol. The normalized spacial score (nSPS) is 20.2. The van der Waals surface area contributed by atoms with Crippen molar-refractivity contribution in [3.05, 3.63) is 77.4 Å². The molecule has 2 N–H and O–H groups in total. The van der Waals surface area contributed by atoms with E-state index in [9.17, 15) is 0 Å². The van der Waals surface area contributed by atoms with Crippen LogP contribution >= 0.6 is 0 Å². The number of benzene rings is 1. The zero-order valence-corrected chi connectivity index (χ0v) is 10.7. The van der Waals surface area contributed by atoms with Crippen molar-refractivity contribution in [2.75, 3.05) is 0 Å². The standard InChI is InChI=1S/C17H19N/c1-14(16-10-12-17(18)13-11-16)6-5-9-15-7-3-2-4-8-15/h2-12,17H,13,18H2,1H3/b9-5+,14-6+. The molecule has 1 unspecified atom stereocenters. The van der Waals surface area contributed by atoms with Gasteiger partial charge in [-0.1, -0.05) is 66.8 Å². The monoisotopic (exact) mass is 237 g/mol. The van der Waals surface area contributed by atoms with E-state index in [-0.39, 0.29) is 6.04 Å². The van der Waals surface area contributed by atoms with Crippen molar-refractivity contribution >= 4 is 6.08 Å². The lowest BCUT2D eigenvalue weighted by molar-refractivity contribution is 0.819. The Morgan fingerprint density at radius 1 is 1.28 bits per heavy atom. The van der Waals surface area contributed by atoms with Crippen LogP contribution in [0.5, 0.6) is 0 Å². The first-order valence-electron chi connectivity index (χ1n) is 6.30. The summed E-state index contributed by atoms with van der Waals surface area (Å²) in [6.45, 7) is 2.13. The Labute approximate surface area is 109 Å². The minimum absolute atomic E-state index is 0.182. The number of rotatable bonds is 3. The number of hydrogen-bond donors (Lipinski definition) is 1. The van der Waals surface area contributed by atoms with Gasteiger partial charge >= 0.3 is 0 Å². The van der Waals surface area contributed by atoms with Crippen molar-refractivity contribution in [3.63, 3.8) is 0 Å². The van der Waals surface area contributed by atoms with Gasteiger partial charge < -0.3 is 5.73 Å². The molecule has 1 nitrogen and oxygen atoms in total. The second kappa shape index (κ2) is 6.18. The van der Waals surface area contributed by atoms with Crippen LogP contribution < -0.4 is 5.73 Å². The van der Waals surface area contributed by atoms with Crippen molar-refractivity contribution in [2.45, 2.75) is 19.4 Å². The molecule has 0 aliphatic heterocycles. The fraction of sp³-hybridized carbons (Fsp3) is 0.176. The number of nitrogens with two attached hydrogens (primary N) is 1. The van der Waals surface area contributed by atoms with Crippen molar-refractivity contribution < 1.29 is 0 Å². The third kappa shape index (κ3) is 3.57. The van der Waals surface area contributed by atoms with Gasteiger partial charge in [0.2, 0.25) is 0 Å². The molecule has 0 fully saturated rings. The maximum atomic E-state index is 5.81. The average molecular weight is 237 g/mol. The molecule has 1 heteroatoms. The van der Waals surface area contributed by atoms with Crippen LogP contribution in [-0.4, -0.2) is 6.04 Å². The van der Waals surface area contributed by atoms with Crippen molar-refractivity contribution in [3.8, 4) is 0 Å². The first-order valence-corrected chi connectivity index (χ1v) is 6.30.